The van der Waals surface area contributed by atoms with E-state index >= 15 is 0 Å². The van der Waals surface area contributed by atoms with E-state index in [0.29, 0.717) is 38.5 Å². The molecule has 0 aliphatic carbocycles. The highest BCUT2D eigenvalue weighted by atomic mass is 16.5. The Balaban J connectivity index is 1.69. The average molecular weight is 481 g/mol. The molecule has 2 amide bonds. The van der Waals surface area contributed by atoms with Crippen molar-refractivity contribution in [2.45, 2.75) is 58.8 Å². The molecule has 0 unspecified atom stereocenters. The second-order valence-corrected chi connectivity index (χ2v) is 7.91. The number of carbonyl (C=O) groups excluding carboxylic acids is 2. The van der Waals surface area contributed by atoms with Crippen LogP contribution < -0.4 is 20.3 Å². The highest BCUT2D eigenvalue weighted by Crippen LogP contribution is 2.14. The maximum absolute atomic E-state index is 12.1. The van der Waals surface area contributed by atoms with Gasteiger partial charge in [0.1, 0.15) is 11.5 Å². The van der Waals surface area contributed by atoms with Crippen molar-refractivity contribution in [3.63, 3.8) is 0 Å². The maximum atomic E-state index is 12.1. The molecule has 2 aromatic rings. The number of benzene rings is 2. The van der Waals surface area contributed by atoms with Crippen molar-refractivity contribution in [2.24, 2.45) is 10.2 Å². The van der Waals surface area contributed by atoms with Crippen LogP contribution in [0.5, 0.6) is 11.5 Å². The molecule has 8 heteroatoms. The smallest absolute Gasteiger partial charge is 0.240 e. The number of hydrogen-bond acceptors (Lipinski definition) is 6. The predicted octanol–water partition coefficient (Wildman–Crippen LogP) is 4.82. The second-order valence-electron chi connectivity index (χ2n) is 7.91. The minimum Gasteiger partial charge on any atom is -0.497 e. The Kier molecular flexibility index (Phi) is 12.0. The van der Waals surface area contributed by atoms with E-state index in [9.17, 15) is 9.59 Å². The van der Waals surface area contributed by atoms with Crippen molar-refractivity contribution in [1.82, 2.24) is 10.9 Å². The molecule has 0 aromatic heterocycles. The highest BCUT2D eigenvalue weighted by Gasteiger charge is 2.07. The molecular weight excluding hydrogens is 444 g/mol. The van der Waals surface area contributed by atoms with Crippen molar-refractivity contribution >= 4 is 23.2 Å². The molecule has 0 saturated heterocycles. The van der Waals surface area contributed by atoms with Gasteiger partial charge >= 0.3 is 0 Å². The minimum absolute atomic E-state index is 0.134. The fraction of sp³-hybridized carbons (Fsp3) is 0.407. The zero-order valence-electron chi connectivity index (χ0n) is 21.1. The van der Waals surface area contributed by atoms with Crippen LogP contribution in [0.25, 0.3) is 0 Å². The summed E-state index contributed by atoms with van der Waals surface area (Å²) in [7, 11) is 3.24. The molecule has 0 fully saturated rings. The quantitative estimate of drug-likeness (QED) is 0.230. The van der Waals surface area contributed by atoms with E-state index in [1.807, 2.05) is 62.4 Å². The molecule has 0 aliphatic rings. The third kappa shape index (κ3) is 9.60. The summed E-state index contributed by atoms with van der Waals surface area (Å²) in [6.07, 6.45) is 4.26. The van der Waals surface area contributed by atoms with Gasteiger partial charge in [-0.15, -0.1) is 0 Å². The molecule has 0 radical (unpaired) electrons. The fourth-order valence-corrected chi connectivity index (χ4v) is 3.38. The number of nitrogens with zero attached hydrogens (tertiary/aromatic N) is 2. The summed E-state index contributed by atoms with van der Waals surface area (Å²) >= 11 is 0. The van der Waals surface area contributed by atoms with Crippen molar-refractivity contribution in [3.05, 3.63) is 59.7 Å². The van der Waals surface area contributed by atoms with Gasteiger partial charge in [-0.25, -0.2) is 10.9 Å². The minimum atomic E-state index is -0.134. The van der Waals surface area contributed by atoms with E-state index < -0.39 is 0 Å². The summed E-state index contributed by atoms with van der Waals surface area (Å²) in [6, 6.07) is 15.1. The molecule has 2 aromatic carbocycles. The predicted molar refractivity (Wildman–Crippen MR) is 139 cm³/mol. The van der Waals surface area contributed by atoms with Crippen molar-refractivity contribution in [1.29, 1.82) is 0 Å². The van der Waals surface area contributed by atoms with Gasteiger partial charge in [-0.3, -0.25) is 9.59 Å². The number of methoxy groups -OCH3 is 2. The first kappa shape index (κ1) is 27.6. The topological polar surface area (TPSA) is 101 Å². The Morgan fingerprint density at radius 1 is 0.657 bits per heavy atom. The van der Waals surface area contributed by atoms with Gasteiger partial charge in [0.05, 0.1) is 25.6 Å². The third-order valence-corrected chi connectivity index (χ3v) is 5.46. The van der Waals surface area contributed by atoms with E-state index in [1.165, 1.54) is 0 Å². The Labute approximate surface area is 207 Å². The number of rotatable bonds is 14. The largest absolute Gasteiger partial charge is 0.497 e. The van der Waals surface area contributed by atoms with E-state index in [2.05, 4.69) is 21.1 Å². The number of carbonyl (C=O) groups is 2. The van der Waals surface area contributed by atoms with Gasteiger partial charge in [-0.05, 0) is 85.3 Å². The van der Waals surface area contributed by atoms with Crippen LogP contribution in [0.4, 0.5) is 0 Å². The first-order chi connectivity index (χ1) is 17.0. The summed E-state index contributed by atoms with van der Waals surface area (Å²) in [5.74, 6) is 1.28. The zero-order chi connectivity index (χ0) is 25.5. The van der Waals surface area contributed by atoms with Crippen LogP contribution >= 0.6 is 0 Å². The van der Waals surface area contributed by atoms with Crippen LogP contribution in [0.15, 0.2) is 58.7 Å². The SMILES string of the molecule is CCC(=NNC(=O)CCCCCC(=O)NN=C(CC)c1ccc(OC)cc1)c1ccc(OC)cc1. The van der Waals surface area contributed by atoms with Crippen LogP contribution in [0, 0.1) is 0 Å². The summed E-state index contributed by atoms with van der Waals surface area (Å²) in [5.41, 5.74) is 8.77. The van der Waals surface area contributed by atoms with Crippen LogP contribution in [0.2, 0.25) is 0 Å². The highest BCUT2D eigenvalue weighted by molar-refractivity contribution is 6.01. The molecule has 35 heavy (non-hydrogen) atoms. The number of unbranched alkanes of at least 4 members (excludes halogenated alkanes) is 2. The van der Waals surface area contributed by atoms with E-state index in [4.69, 9.17) is 9.47 Å². The molecular formula is C27H36N4O4. The van der Waals surface area contributed by atoms with Crippen molar-refractivity contribution < 1.29 is 19.1 Å². The van der Waals surface area contributed by atoms with Gasteiger partial charge in [-0.2, -0.15) is 10.2 Å². The molecule has 0 atom stereocenters. The van der Waals surface area contributed by atoms with Crippen LogP contribution in [0.3, 0.4) is 0 Å². The van der Waals surface area contributed by atoms with E-state index in [1.54, 1.807) is 14.2 Å². The van der Waals surface area contributed by atoms with Crippen LogP contribution in [-0.4, -0.2) is 37.5 Å². The Bertz CT molecular complexity index is 917. The van der Waals surface area contributed by atoms with Crippen molar-refractivity contribution in [2.75, 3.05) is 14.2 Å². The van der Waals surface area contributed by atoms with Crippen LogP contribution in [0.1, 0.15) is 69.9 Å². The summed E-state index contributed by atoms with van der Waals surface area (Å²) in [6.45, 7) is 3.98. The maximum Gasteiger partial charge on any atom is 0.240 e. The molecule has 0 bridgehead atoms. The lowest BCUT2D eigenvalue weighted by atomic mass is 10.1. The Hall–Kier alpha value is -3.68. The van der Waals surface area contributed by atoms with Crippen molar-refractivity contribution in [3.8, 4) is 11.5 Å². The normalized spacial score (nSPS) is 11.7. The van der Waals surface area contributed by atoms with Crippen LogP contribution in [-0.2, 0) is 9.59 Å². The first-order valence-corrected chi connectivity index (χ1v) is 12.0. The molecule has 0 heterocycles. The summed E-state index contributed by atoms with van der Waals surface area (Å²) in [4.78, 5) is 24.3. The monoisotopic (exact) mass is 480 g/mol. The van der Waals surface area contributed by atoms with E-state index in [0.717, 1.165) is 40.5 Å². The second kappa shape index (κ2) is 15.3. The standard InChI is InChI=1S/C27H36N4O4/c1-5-24(20-12-16-22(34-3)17-13-20)28-30-26(32)10-8-7-9-11-27(33)31-29-25(6-2)21-14-18-23(35-4)19-15-21/h12-19H,5-11H2,1-4H3,(H,30,32)(H,31,33). The fourth-order valence-electron chi connectivity index (χ4n) is 3.38. The number of amides is 2. The number of hydrogen-bond donors (Lipinski definition) is 2. The lowest BCUT2D eigenvalue weighted by Crippen LogP contribution is -2.20. The number of hydrazone groups is 2. The number of nitrogens with one attached hydrogen (secondary N) is 2. The van der Waals surface area contributed by atoms with Gasteiger partial charge in [-0.1, -0.05) is 20.3 Å². The molecule has 0 saturated carbocycles. The van der Waals surface area contributed by atoms with Gasteiger partial charge in [0.2, 0.25) is 11.8 Å². The van der Waals surface area contributed by atoms with E-state index in [-0.39, 0.29) is 11.8 Å². The molecule has 0 aliphatic heterocycles. The lowest BCUT2D eigenvalue weighted by molar-refractivity contribution is -0.121. The molecule has 188 valence electrons. The molecule has 2 N–H and O–H groups in total. The average Bonchev–Trinajstić information content (AvgIpc) is 2.89. The Morgan fingerprint density at radius 3 is 1.34 bits per heavy atom. The third-order valence-electron chi connectivity index (χ3n) is 5.46. The lowest BCUT2D eigenvalue weighted by Gasteiger charge is -2.07. The summed E-state index contributed by atoms with van der Waals surface area (Å²) < 4.78 is 10.3. The number of ether oxygens (including phenoxy) is 2. The van der Waals surface area contributed by atoms with Gasteiger partial charge in [0.15, 0.2) is 0 Å². The zero-order valence-corrected chi connectivity index (χ0v) is 21.1. The van der Waals surface area contributed by atoms with Gasteiger partial charge in [0.25, 0.3) is 0 Å². The Morgan fingerprint density at radius 2 is 1.03 bits per heavy atom. The van der Waals surface area contributed by atoms with Gasteiger partial charge < -0.3 is 9.47 Å². The first-order valence-electron chi connectivity index (χ1n) is 12.0. The summed E-state index contributed by atoms with van der Waals surface area (Å²) in [5, 5.41) is 8.54. The molecule has 2 rings (SSSR count). The molecule has 8 nitrogen and oxygen atoms in total. The van der Waals surface area contributed by atoms with Gasteiger partial charge in [0, 0.05) is 12.8 Å². The molecule has 0 spiro atoms.